The number of nitrogens with zero attached hydrogens (tertiary/aromatic N) is 1. The van der Waals surface area contributed by atoms with Crippen molar-refractivity contribution in [2.75, 3.05) is 7.11 Å². The Bertz CT molecular complexity index is 780. The van der Waals surface area contributed by atoms with Crippen LogP contribution in [0.3, 0.4) is 0 Å². The van der Waals surface area contributed by atoms with E-state index in [1.807, 2.05) is 31.2 Å². The van der Waals surface area contributed by atoms with E-state index in [4.69, 9.17) is 21.3 Å². The van der Waals surface area contributed by atoms with E-state index >= 15 is 0 Å². The summed E-state index contributed by atoms with van der Waals surface area (Å²) in [5.74, 6) is 0.875. The molecule has 0 atom stereocenters. The summed E-state index contributed by atoms with van der Waals surface area (Å²) in [6.45, 7) is 2.01. The third-order valence-corrected chi connectivity index (χ3v) is 4.79. The van der Waals surface area contributed by atoms with Gasteiger partial charge in [-0.1, -0.05) is 29.8 Å². The SMILES string of the molecule is COc1ccc(Cc2nc(-c3ccc(Cl)c(C)c3)cs2)cc1. The van der Waals surface area contributed by atoms with Crippen LogP contribution in [-0.2, 0) is 6.42 Å². The zero-order valence-corrected chi connectivity index (χ0v) is 14.0. The second-order valence-corrected chi connectivity index (χ2v) is 6.47. The molecule has 0 saturated heterocycles. The molecule has 0 saturated carbocycles. The Hall–Kier alpha value is -1.84. The van der Waals surface area contributed by atoms with E-state index < -0.39 is 0 Å². The van der Waals surface area contributed by atoms with Crippen LogP contribution in [0.25, 0.3) is 11.3 Å². The Morgan fingerprint density at radius 1 is 1.14 bits per heavy atom. The van der Waals surface area contributed by atoms with Gasteiger partial charge in [0.2, 0.25) is 0 Å². The molecule has 22 heavy (non-hydrogen) atoms. The summed E-state index contributed by atoms with van der Waals surface area (Å²) in [6.07, 6.45) is 0.835. The van der Waals surface area contributed by atoms with Gasteiger partial charge in [0.15, 0.2) is 0 Å². The van der Waals surface area contributed by atoms with Gasteiger partial charge in [-0.2, -0.15) is 0 Å². The molecule has 112 valence electrons. The zero-order chi connectivity index (χ0) is 15.5. The van der Waals surface area contributed by atoms with Crippen LogP contribution in [0.5, 0.6) is 5.75 Å². The molecule has 0 aliphatic carbocycles. The van der Waals surface area contributed by atoms with Crippen molar-refractivity contribution in [1.82, 2.24) is 4.98 Å². The standard InChI is InChI=1S/C18H16ClNOS/c1-12-9-14(5-8-16(12)19)17-11-22-18(20-17)10-13-3-6-15(21-2)7-4-13/h3-9,11H,10H2,1-2H3. The molecule has 2 nitrogen and oxygen atoms in total. The van der Waals surface area contributed by atoms with Gasteiger partial charge in [-0.15, -0.1) is 11.3 Å². The highest BCUT2D eigenvalue weighted by Crippen LogP contribution is 2.27. The molecule has 0 amide bonds. The van der Waals surface area contributed by atoms with Crippen LogP contribution in [-0.4, -0.2) is 12.1 Å². The third-order valence-electron chi connectivity index (χ3n) is 3.52. The van der Waals surface area contributed by atoms with E-state index in [2.05, 4.69) is 23.6 Å². The Balaban J connectivity index is 1.79. The highest BCUT2D eigenvalue weighted by Gasteiger charge is 2.07. The predicted molar refractivity (Wildman–Crippen MR) is 93.1 cm³/mol. The van der Waals surface area contributed by atoms with Crippen LogP contribution in [0.1, 0.15) is 16.1 Å². The normalized spacial score (nSPS) is 10.7. The second kappa shape index (κ2) is 6.51. The number of halogens is 1. The number of hydrogen-bond acceptors (Lipinski definition) is 3. The molecule has 4 heteroatoms. The minimum absolute atomic E-state index is 0.789. The van der Waals surface area contributed by atoms with Gasteiger partial charge in [-0.25, -0.2) is 4.98 Å². The number of rotatable bonds is 4. The lowest BCUT2D eigenvalue weighted by atomic mass is 10.1. The van der Waals surface area contributed by atoms with E-state index in [1.54, 1.807) is 18.4 Å². The maximum Gasteiger partial charge on any atom is 0.118 e. The van der Waals surface area contributed by atoms with E-state index in [0.29, 0.717) is 0 Å². The van der Waals surface area contributed by atoms with Gasteiger partial charge in [0, 0.05) is 22.4 Å². The summed E-state index contributed by atoms with van der Waals surface area (Å²) in [4.78, 5) is 4.73. The van der Waals surface area contributed by atoms with Crippen LogP contribution in [0, 0.1) is 6.92 Å². The second-order valence-electron chi connectivity index (χ2n) is 5.12. The van der Waals surface area contributed by atoms with Crippen molar-refractivity contribution in [3.8, 4) is 17.0 Å². The smallest absolute Gasteiger partial charge is 0.118 e. The molecule has 0 fully saturated rings. The Kier molecular flexibility index (Phi) is 4.46. The van der Waals surface area contributed by atoms with Crippen molar-refractivity contribution in [2.45, 2.75) is 13.3 Å². The molecule has 1 aromatic heterocycles. The van der Waals surface area contributed by atoms with Crippen LogP contribution in [0.15, 0.2) is 47.8 Å². The summed E-state index contributed by atoms with van der Waals surface area (Å²) in [6, 6.07) is 14.1. The first-order valence-electron chi connectivity index (χ1n) is 6.99. The minimum Gasteiger partial charge on any atom is -0.497 e. The average molecular weight is 330 g/mol. The molecule has 0 unspecified atom stereocenters. The molecule has 1 heterocycles. The largest absolute Gasteiger partial charge is 0.497 e. The van der Waals surface area contributed by atoms with Crippen molar-refractivity contribution in [2.24, 2.45) is 0 Å². The van der Waals surface area contributed by atoms with Crippen LogP contribution in [0.4, 0.5) is 0 Å². The number of ether oxygens (including phenoxy) is 1. The average Bonchev–Trinajstić information content (AvgIpc) is 2.99. The Morgan fingerprint density at radius 2 is 1.91 bits per heavy atom. The topological polar surface area (TPSA) is 22.1 Å². The Morgan fingerprint density at radius 3 is 2.59 bits per heavy atom. The number of methoxy groups -OCH3 is 1. The molecular formula is C18H16ClNOS. The van der Waals surface area contributed by atoms with Gasteiger partial charge < -0.3 is 4.74 Å². The molecule has 0 aliphatic heterocycles. The van der Waals surface area contributed by atoms with E-state index in [1.165, 1.54) is 5.56 Å². The molecule has 0 radical (unpaired) electrons. The zero-order valence-electron chi connectivity index (χ0n) is 12.5. The fourth-order valence-electron chi connectivity index (χ4n) is 2.25. The summed E-state index contributed by atoms with van der Waals surface area (Å²) < 4.78 is 5.18. The molecule has 0 aliphatic rings. The van der Waals surface area contributed by atoms with Gasteiger partial charge >= 0.3 is 0 Å². The number of aromatic nitrogens is 1. The number of thiazole rings is 1. The number of hydrogen-bond donors (Lipinski definition) is 0. The fourth-order valence-corrected chi connectivity index (χ4v) is 3.20. The number of benzene rings is 2. The van der Waals surface area contributed by atoms with Gasteiger partial charge in [0.05, 0.1) is 17.8 Å². The molecule has 3 rings (SSSR count). The summed E-state index contributed by atoms with van der Waals surface area (Å²) >= 11 is 7.76. The minimum atomic E-state index is 0.789. The van der Waals surface area contributed by atoms with Crippen molar-refractivity contribution >= 4 is 22.9 Å². The van der Waals surface area contributed by atoms with Crippen LogP contribution < -0.4 is 4.74 Å². The lowest BCUT2D eigenvalue weighted by Gasteiger charge is -2.02. The first kappa shape index (κ1) is 15.1. The van der Waals surface area contributed by atoms with Gasteiger partial charge in [0.25, 0.3) is 0 Å². The van der Waals surface area contributed by atoms with Gasteiger partial charge in [0.1, 0.15) is 5.75 Å². The predicted octanol–water partition coefficient (Wildman–Crippen LogP) is 5.37. The molecule has 0 bridgehead atoms. The summed E-state index contributed by atoms with van der Waals surface area (Å²) in [7, 11) is 1.68. The van der Waals surface area contributed by atoms with E-state index in [9.17, 15) is 0 Å². The van der Waals surface area contributed by atoms with E-state index in [0.717, 1.165) is 39.0 Å². The molecular weight excluding hydrogens is 314 g/mol. The van der Waals surface area contributed by atoms with Crippen molar-refractivity contribution in [3.05, 3.63) is 69.0 Å². The maximum atomic E-state index is 6.08. The Labute approximate surface area is 139 Å². The monoisotopic (exact) mass is 329 g/mol. The molecule has 0 N–H and O–H groups in total. The summed E-state index contributed by atoms with van der Waals surface area (Å²) in [5, 5.41) is 3.99. The quantitative estimate of drug-likeness (QED) is 0.641. The van der Waals surface area contributed by atoms with Gasteiger partial charge in [-0.05, 0) is 42.3 Å². The van der Waals surface area contributed by atoms with Crippen molar-refractivity contribution in [1.29, 1.82) is 0 Å². The fraction of sp³-hybridized carbons (Fsp3) is 0.167. The highest BCUT2D eigenvalue weighted by atomic mass is 35.5. The lowest BCUT2D eigenvalue weighted by molar-refractivity contribution is 0.414. The molecule has 0 spiro atoms. The third kappa shape index (κ3) is 3.32. The maximum absolute atomic E-state index is 6.08. The highest BCUT2D eigenvalue weighted by molar-refractivity contribution is 7.10. The lowest BCUT2D eigenvalue weighted by Crippen LogP contribution is -1.89. The van der Waals surface area contributed by atoms with Crippen molar-refractivity contribution < 1.29 is 4.74 Å². The first-order valence-corrected chi connectivity index (χ1v) is 8.25. The van der Waals surface area contributed by atoms with E-state index in [-0.39, 0.29) is 0 Å². The summed E-state index contributed by atoms with van der Waals surface area (Å²) in [5.41, 5.74) is 4.42. The van der Waals surface area contributed by atoms with Crippen LogP contribution in [0.2, 0.25) is 5.02 Å². The van der Waals surface area contributed by atoms with Crippen LogP contribution >= 0.6 is 22.9 Å². The molecule has 2 aromatic carbocycles. The first-order chi connectivity index (χ1) is 10.7. The van der Waals surface area contributed by atoms with Gasteiger partial charge in [-0.3, -0.25) is 0 Å². The van der Waals surface area contributed by atoms with Crippen molar-refractivity contribution in [3.63, 3.8) is 0 Å². The number of aryl methyl sites for hydroxylation is 1. The molecule has 3 aromatic rings.